The van der Waals surface area contributed by atoms with E-state index in [2.05, 4.69) is 0 Å². The van der Waals surface area contributed by atoms with Crippen molar-refractivity contribution in [3.8, 4) is 0 Å². The lowest BCUT2D eigenvalue weighted by atomic mass is 9.93. The van der Waals surface area contributed by atoms with Gasteiger partial charge in [0.2, 0.25) is 0 Å². The van der Waals surface area contributed by atoms with Crippen molar-refractivity contribution < 1.29 is 19.4 Å². The molecule has 1 aromatic heterocycles. The molecule has 0 radical (unpaired) electrons. The molecule has 0 aromatic carbocycles. The summed E-state index contributed by atoms with van der Waals surface area (Å²) >= 11 is 5.34. The Morgan fingerprint density at radius 3 is 2.41 bits per heavy atom. The van der Waals surface area contributed by atoms with Gasteiger partial charge in [-0.2, -0.15) is 0 Å². The summed E-state index contributed by atoms with van der Waals surface area (Å²) in [6.45, 7) is 6.13. The second kappa shape index (κ2) is 9.22. The van der Waals surface area contributed by atoms with Crippen molar-refractivity contribution in [3.05, 3.63) is 70.5 Å². The Morgan fingerprint density at radius 2 is 1.88 bits per heavy atom. The molecule has 2 unspecified atom stereocenters. The third-order valence-corrected chi connectivity index (χ3v) is 5.84. The first-order chi connectivity index (χ1) is 15.0. The Bertz CT molecular complexity index is 1140. The summed E-state index contributed by atoms with van der Waals surface area (Å²) < 4.78 is 7.48. The van der Waals surface area contributed by atoms with E-state index in [0.29, 0.717) is 26.3 Å². The molecule has 2 atom stereocenters. The van der Waals surface area contributed by atoms with Crippen molar-refractivity contribution >= 4 is 18.1 Å². The number of ether oxygens (including phenoxy) is 1. The number of rotatable bonds is 5. The number of hydrogen-bond donors (Lipinski definition) is 0. The fourth-order valence-electron chi connectivity index (χ4n) is 3.99. The van der Waals surface area contributed by atoms with Gasteiger partial charge in [-0.3, -0.25) is 43.9 Å². The Balaban J connectivity index is 2.14. The molecule has 13 heteroatoms. The van der Waals surface area contributed by atoms with E-state index >= 15 is 0 Å². The first kappa shape index (κ1) is 23.6. The molecule has 1 saturated heterocycles. The van der Waals surface area contributed by atoms with Gasteiger partial charge >= 0.3 is 0 Å². The average molecular weight is 465 g/mol. The van der Waals surface area contributed by atoms with E-state index in [1.807, 2.05) is 0 Å². The van der Waals surface area contributed by atoms with Crippen LogP contribution in [0, 0.1) is 31.9 Å². The first-order valence-electron chi connectivity index (χ1n) is 9.97. The molecule has 2 heterocycles. The minimum Gasteiger partial charge on any atom is -0.379 e. The number of hydrogen-bond acceptors (Lipinski definition) is 9. The summed E-state index contributed by atoms with van der Waals surface area (Å²) in [6, 6.07) is -1.75. The topological polar surface area (TPSA) is 143 Å². The number of carbonyl (C=O) groups is 1. The van der Waals surface area contributed by atoms with Gasteiger partial charge in [-0.05, 0) is 33.0 Å². The number of morpholine rings is 1. The van der Waals surface area contributed by atoms with Crippen molar-refractivity contribution in [2.45, 2.75) is 38.9 Å². The molecular weight excluding hydrogens is 442 g/mol. The Kier molecular flexibility index (Phi) is 6.81. The van der Waals surface area contributed by atoms with E-state index in [1.165, 1.54) is 17.6 Å². The van der Waals surface area contributed by atoms with Gasteiger partial charge in [-0.25, -0.2) is 0 Å². The molecule has 1 fully saturated rings. The Morgan fingerprint density at radius 1 is 1.25 bits per heavy atom. The lowest BCUT2D eigenvalue weighted by molar-refractivity contribution is -0.527. The van der Waals surface area contributed by atoms with Crippen LogP contribution in [0.2, 0.25) is 0 Å². The lowest BCUT2D eigenvalue weighted by Crippen LogP contribution is -2.54. The molecule has 0 amide bonds. The van der Waals surface area contributed by atoms with E-state index in [-0.39, 0.29) is 27.6 Å². The van der Waals surface area contributed by atoms with Gasteiger partial charge in [0.25, 0.3) is 23.2 Å². The van der Waals surface area contributed by atoms with Crippen LogP contribution in [0.15, 0.2) is 34.3 Å². The van der Waals surface area contributed by atoms with Crippen LogP contribution in [-0.2, 0) is 4.74 Å². The van der Waals surface area contributed by atoms with Gasteiger partial charge < -0.3 is 4.74 Å². The van der Waals surface area contributed by atoms with Crippen molar-refractivity contribution in [1.82, 2.24) is 14.0 Å². The first-order valence-corrected chi connectivity index (χ1v) is 10.4. The Hall–Kier alpha value is -3.03. The van der Waals surface area contributed by atoms with Gasteiger partial charge in [0.1, 0.15) is 0 Å². The van der Waals surface area contributed by atoms with Gasteiger partial charge in [-0.15, -0.1) is 0 Å². The summed E-state index contributed by atoms with van der Waals surface area (Å²) in [4.78, 5) is 49.7. The normalized spacial score (nSPS) is 21.8. The predicted octanol–water partition coefficient (Wildman–Crippen LogP) is 1.36. The third-order valence-electron chi connectivity index (χ3n) is 5.46. The SMILES string of the molecule is Cc1cc(=O)n(C(C)C)c(=S)n1C(=O)C1=CC([N+](=O)[O-])C(N2CCOCC2)C([N+](=O)[O-])=C1. The van der Waals surface area contributed by atoms with E-state index < -0.39 is 33.5 Å². The molecule has 0 saturated carbocycles. The number of nitro groups is 2. The van der Waals surface area contributed by atoms with Crippen LogP contribution >= 0.6 is 12.2 Å². The average Bonchev–Trinajstić information content (AvgIpc) is 2.72. The highest BCUT2D eigenvalue weighted by Crippen LogP contribution is 2.27. The zero-order chi connectivity index (χ0) is 23.7. The highest BCUT2D eigenvalue weighted by Gasteiger charge is 2.47. The number of aryl methyl sites for hydroxylation is 1. The lowest BCUT2D eigenvalue weighted by Gasteiger charge is -2.34. The highest BCUT2D eigenvalue weighted by molar-refractivity contribution is 7.71. The molecular formula is C19H23N5O7S. The highest BCUT2D eigenvalue weighted by atomic mass is 32.1. The summed E-state index contributed by atoms with van der Waals surface area (Å²) in [6.07, 6.45) is 2.19. The second-order valence-electron chi connectivity index (χ2n) is 7.83. The van der Waals surface area contributed by atoms with Crippen LogP contribution in [0.1, 0.15) is 30.4 Å². The molecule has 1 aliphatic heterocycles. The van der Waals surface area contributed by atoms with Gasteiger partial charge in [0.05, 0.1) is 18.1 Å². The van der Waals surface area contributed by atoms with Gasteiger partial charge in [0, 0.05) is 53.5 Å². The molecule has 0 spiro atoms. The fraction of sp³-hybridized carbons (Fsp3) is 0.526. The monoisotopic (exact) mass is 465 g/mol. The molecule has 172 valence electrons. The third kappa shape index (κ3) is 4.31. The number of allylic oxidation sites excluding steroid dienone is 2. The standard InChI is InChI=1S/C19H23N5O7S/c1-11(2)21-16(25)8-12(3)22(19(21)32)18(26)13-9-14(23(27)28)17(15(10-13)24(29)30)20-4-6-31-7-5-20/h8-11,14,17H,4-7H2,1-3H3. The maximum Gasteiger partial charge on any atom is 0.271 e. The minimum atomic E-state index is -1.51. The molecule has 32 heavy (non-hydrogen) atoms. The fourth-order valence-corrected chi connectivity index (χ4v) is 4.52. The predicted molar refractivity (Wildman–Crippen MR) is 115 cm³/mol. The van der Waals surface area contributed by atoms with Crippen LogP contribution in [0.3, 0.4) is 0 Å². The number of aromatic nitrogens is 2. The van der Waals surface area contributed by atoms with Gasteiger partial charge in [-0.1, -0.05) is 0 Å². The minimum absolute atomic E-state index is 0.0834. The summed E-state index contributed by atoms with van der Waals surface area (Å²) in [5.74, 6) is -0.770. The van der Waals surface area contributed by atoms with Crippen molar-refractivity contribution in [2.75, 3.05) is 26.3 Å². The number of nitrogens with zero attached hydrogens (tertiary/aromatic N) is 5. The quantitative estimate of drug-likeness (QED) is 0.358. The van der Waals surface area contributed by atoms with Crippen LogP contribution in [0.25, 0.3) is 0 Å². The van der Waals surface area contributed by atoms with Crippen LogP contribution in [-0.4, -0.2) is 68.2 Å². The second-order valence-corrected chi connectivity index (χ2v) is 8.19. The zero-order valence-electron chi connectivity index (χ0n) is 17.8. The maximum atomic E-state index is 13.3. The molecule has 3 rings (SSSR count). The van der Waals surface area contributed by atoms with E-state index in [1.54, 1.807) is 18.7 Å². The summed E-state index contributed by atoms with van der Waals surface area (Å²) in [7, 11) is 0. The van der Waals surface area contributed by atoms with Crippen molar-refractivity contribution in [3.63, 3.8) is 0 Å². The van der Waals surface area contributed by atoms with E-state index in [0.717, 1.165) is 16.7 Å². The Labute approximate surface area is 187 Å². The van der Waals surface area contributed by atoms with Crippen molar-refractivity contribution in [1.29, 1.82) is 0 Å². The zero-order valence-corrected chi connectivity index (χ0v) is 18.6. The van der Waals surface area contributed by atoms with E-state index in [9.17, 15) is 29.8 Å². The molecule has 2 aliphatic rings. The smallest absolute Gasteiger partial charge is 0.271 e. The maximum absolute atomic E-state index is 13.3. The number of carbonyl (C=O) groups excluding carboxylic acids is 1. The molecule has 1 aliphatic carbocycles. The van der Waals surface area contributed by atoms with Crippen LogP contribution < -0.4 is 5.56 Å². The molecule has 12 nitrogen and oxygen atoms in total. The summed E-state index contributed by atoms with van der Waals surface area (Å²) in [5.41, 5.74) is -0.829. The molecule has 0 N–H and O–H groups in total. The largest absolute Gasteiger partial charge is 0.379 e. The molecule has 0 bridgehead atoms. The van der Waals surface area contributed by atoms with E-state index in [4.69, 9.17) is 17.0 Å². The summed E-state index contributed by atoms with van der Waals surface area (Å²) in [5, 5.41) is 23.7. The van der Waals surface area contributed by atoms with Crippen LogP contribution in [0.4, 0.5) is 0 Å². The van der Waals surface area contributed by atoms with Crippen LogP contribution in [0.5, 0.6) is 0 Å². The van der Waals surface area contributed by atoms with Crippen molar-refractivity contribution in [2.24, 2.45) is 0 Å². The molecule has 1 aromatic rings. The van der Waals surface area contributed by atoms with Gasteiger partial charge in [0.15, 0.2) is 10.8 Å².